The lowest BCUT2D eigenvalue weighted by atomic mass is 10.3. The lowest BCUT2D eigenvalue weighted by Crippen LogP contribution is -2.35. The van der Waals surface area contributed by atoms with E-state index in [0.29, 0.717) is 0 Å². The lowest BCUT2D eigenvalue weighted by molar-refractivity contribution is 0.249. The summed E-state index contributed by atoms with van der Waals surface area (Å²) in [7, 11) is 0. The van der Waals surface area contributed by atoms with Gasteiger partial charge in [-0.1, -0.05) is 25.1 Å². The first kappa shape index (κ1) is 10.6. The molecule has 0 heterocycles. The van der Waals surface area contributed by atoms with Crippen molar-refractivity contribution in [3.63, 3.8) is 0 Å². The Balaban J connectivity index is 2.42. The van der Waals surface area contributed by atoms with E-state index in [1.807, 2.05) is 44.2 Å². The normalized spacial score (nSPS) is 11.9. The standard InChI is InChI=1S/C11H16N2O/c1-3-9(2)12-11(14)13-10-7-5-4-6-8-10/h4-9H,3H2,1-2H3,(H2,12,13,14)/t9-/m1/s1. The Labute approximate surface area is 84.5 Å². The van der Waals surface area contributed by atoms with Crippen LogP contribution < -0.4 is 10.6 Å². The van der Waals surface area contributed by atoms with E-state index in [-0.39, 0.29) is 12.1 Å². The van der Waals surface area contributed by atoms with Gasteiger partial charge in [0.05, 0.1) is 0 Å². The van der Waals surface area contributed by atoms with Gasteiger partial charge in [0.25, 0.3) is 0 Å². The summed E-state index contributed by atoms with van der Waals surface area (Å²) in [5.41, 5.74) is 0.813. The Hall–Kier alpha value is -1.51. The minimum atomic E-state index is -0.148. The molecule has 76 valence electrons. The van der Waals surface area contributed by atoms with Crippen LogP contribution in [-0.2, 0) is 0 Å². The van der Waals surface area contributed by atoms with Gasteiger partial charge in [0, 0.05) is 11.7 Å². The number of hydrogen-bond donors (Lipinski definition) is 2. The van der Waals surface area contributed by atoms with Crippen LogP contribution >= 0.6 is 0 Å². The minimum Gasteiger partial charge on any atom is -0.335 e. The number of urea groups is 1. The smallest absolute Gasteiger partial charge is 0.319 e. The third-order valence-corrected chi connectivity index (χ3v) is 2.02. The Bertz CT molecular complexity index is 285. The summed E-state index contributed by atoms with van der Waals surface area (Å²) >= 11 is 0. The molecule has 0 saturated heterocycles. The molecule has 0 saturated carbocycles. The number of amides is 2. The van der Waals surface area contributed by atoms with E-state index < -0.39 is 0 Å². The molecule has 0 fully saturated rings. The first-order valence-electron chi connectivity index (χ1n) is 4.85. The van der Waals surface area contributed by atoms with Crippen LogP contribution in [0.15, 0.2) is 30.3 Å². The number of rotatable bonds is 3. The van der Waals surface area contributed by atoms with Crippen LogP contribution in [0.5, 0.6) is 0 Å². The van der Waals surface area contributed by atoms with Gasteiger partial charge in [-0.2, -0.15) is 0 Å². The molecular formula is C11H16N2O. The average Bonchev–Trinajstić information content (AvgIpc) is 2.19. The van der Waals surface area contributed by atoms with Gasteiger partial charge in [-0.25, -0.2) is 4.79 Å². The zero-order valence-corrected chi connectivity index (χ0v) is 8.58. The van der Waals surface area contributed by atoms with Crippen LogP contribution in [0.2, 0.25) is 0 Å². The Morgan fingerprint density at radius 1 is 1.36 bits per heavy atom. The predicted octanol–water partition coefficient (Wildman–Crippen LogP) is 2.61. The van der Waals surface area contributed by atoms with Crippen molar-refractivity contribution in [2.45, 2.75) is 26.3 Å². The van der Waals surface area contributed by atoms with Crippen LogP contribution in [0, 0.1) is 0 Å². The van der Waals surface area contributed by atoms with Gasteiger partial charge in [-0.15, -0.1) is 0 Å². The summed E-state index contributed by atoms with van der Waals surface area (Å²) in [5.74, 6) is 0. The van der Waals surface area contributed by atoms with Crippen LogP contribution in [-0.4, -0.2) is 12.1 Å². The SMILES string of the molecule is CC[C@@H](C)NC(=O)Nc1ccccc1. The van der Waals surface area contributed by atoms with Gasteiger partial charge in [-0.3, -0.25) is 0 Å². The second kappa shape index (κ2) is 5.27. The van der Waals surface area contributed by atoms with E-state index in [9.17, 15) is 4.79 Å². The van der Waals surface area contributed by atoms with Crippen molar-refractivity contribution in [2.75, 3.05) is 5.32 Å². The molecule has 2 amide bonds. The Morgan fingerprint density at radius 3 is 2.57 bits per heavy atom. The van der Waals surface area contributed by atoms with E-state index in [1.54, 1.807) is 0 Å². The fourth-order valence-corrected chi connectivity index (χ4v) is 1.01. The maximum Gasteiger partial charge on any atom is 0.319 e. The van der Waals surface area contributed by atoms with Crippen molar-refractivity contribution in [3.8, 4) is 0 Å². The predicted molar refractivity (Wildman–Crippen MR) is 58.3 cm³/mol. The van der Waals surface area contributed by atoms with Crippen LogP contribution in [0.25, 0.3) is 0 Å². The third-order valence-electron chi connectivity index (χ3n) is 2.02. The highest BCUT2D eigenvalue weighted by molar-refractivity contribution is 5.89. The fraction of sp³-hybridized carbons (Fsp3) is 0.364. The maximum absolute atomic E-state index is 11.4. The minimum absolute atomic E-state index is 0.148. The largest absolute Gasteiger partial charge is 0.335 e. The molecule has 3 nitrogen and oxygen atoms in total. The Morgan fingerprint density at radius 2 is 2.00 bits per heavy atom. The Kier molecular flexibility index (Phi) is 3.98. The quantitative estimate of drug-likeness (QED) is 0.759. The third kappa shape index (κ3) is 3.47. The molecule has 0 spiro atoms. The summed E-state index contributed by atoms with van der Waals surface area (Å²) in [6.07, 6.45) is 0.933. The van der Waals surface area contributed by atoms with Crippen molar-refractivity contribution in [2.24, 2.45) is 0 Å². The molecule has 1 aromatic rings. The van der Waals surface area contributed by atoms with Gasteiger partial charge in [-0.05, 0) is 25.5 Å². The monoisotopic (exact) mass is 192 g/mol. The molecule has 0 aliphatic heterocycles. The van der Waals surface area contributed by atoms with Crippen LogP contribution in [0.1, 0.15) is 20.3 Å². The average molecular weight is 192 g/mol. The number of anilines is 1. The van der Waals surface area contributed by atoms with Crippen molar-refractivity contribution in [1.29, 1.82) is 0 Å². The molecular weight excluding hydrogens is 176 g/mol. The van der Waals surface area contributed by atoms with Crippen molar-refractivity contribution >= 4 is 11.7 Å². The molecule has 0 unspecified atom stereocenters. The zero-order chi connectivity index (χ0) is 10.4. The number of benzene rings is 1. The van der Waals surface area contributed by atoms with Crippen LogP contribution in [0.3, 0.4) is 0 Å². The van der Waals surface area contributed by atoms with Crippen molar-refractivity contribution in [3.05, 3.63) is 30.3 Å². The number of nitrogens with one attached hydrogen (secondary N) is 2. The molecule has 0 radical (unpaired) electrons. The zero-order valence-electron chi connectivity index (χ0n) is 8.58. The number of carbonyl (C=O) groups excluding carboxylic acids is 1. The highest BCUT2D eigenvalue weighted by atomic mass is 16.2. The molecule has 14 heavy (non-hydrogen) atoms. The molecule has 0 aromatic heterocycles. The fourth-order valence-electron chi connectivity index (χ4n) is 1.01. The topological polar surface area (TPSA) is 41.1 Å². The van der Waals surface area contributed by atoms with Crippen molar-refractivity contribution in [1.82, 2.24) is 5.32 Å². The van der Waals surface area contributed by atoms with Gasteiger partial charge in [0.2, 0.25) is 0 Å². The van der Waals surface area contributed by atoms with E-state index >= 15 is 0 Å². The number of carbonyl (C=O) groups is 1. The second-order valence-corrected chi connectivity index (χ2v) is 3.27. The second-order valence-electron chi connectivity index (χ2n) is 3.27. The molecule has 0 bridgehead atoms. The molecule has 2 N–H and O–H groups in total. The molecule has 1 rings (SSSR count). The van der Waals surface area contributed by atoms with Gasteiger partial charge in [0.1, 0.15) is 0 Å². The van der Waals surface area contributed by atoms with Gasteiger partial charge >= 0.3 is 6.03 Å². The first-order valence-corrected chi connectivity index (χ1v) is 4.85. The van der Waals surface area contributed by atoms with Gasteiger partial charge in [0.15, 0.2) is 0 Å². The summed E-state index contributed by atoms with van der Waals surface area (Å²) in [5, 5.41) is 5.59. The summed E-state index contributed by atoms with van der Waals surface area (Å²) in [4.78, 5) is 11.4. The molecule has 0 aliphatic carbocycles. The molecule has 1 atom stereocenters. The lowest BCUT2D eigenvalue weighted by Gasteiger charge is -2.12. The summed E-state index contributed by atoms with van der Waals surface area (Å²) in [6.45, 7) is 4.01. The summed E-state index contributed by atoms with van der Waals surface area (Å²) in [6, 6.07) is 9.46. The van der Waals surface area contributed by atoms with Gasteiger partial charge < -0.3 is 10.6 Å². The summed E-state index contributed by atoms with van der Waals surface area (Å²) < 4.78 is 0. The van der Waals surface area contributed by atoms with E-state index in [0.717, 1.165) is 12.1 Å². The number of hydrogen-bond acceptors (Lipinski definition) is 1. The highest BCUT2D eigenvalue weighted by Crippen LogP contribution is 2.04. The molecule has 0 aliphatic rings. The van der Waals surface area contributed by atoms with Crippen LogP contribution in [0.4, 0.5) is 10.5 Å². The maximum atomic E-state index is 11.4. The first-order chi connectivity index (χ1) is 6.72. The van der Waals surface area contributed by atoms with Crippen molar-refractivity contribution < 1.29 is 4.79 Å². The van der Waals surface area contributed by atoms with E-state index in [1.165, 1.54) is 0 Å². The molecule has 3 heteroatoms. The van der Waals surface area contributed by atoms with E-state index in [2.05, 4.69) is 10.6 Å². The molecule has 1 aromatic carbocycles. The van der Waals surface area contributed by atoms with E-state index in [4.69, 9.17) is 0 Å². The highest BCUT2D eigenvalue weighted by Gasteiger charge is 2.04. The number of para-hydroxylation sites is 1.